The number of rotatable bonds is 4. The molecule has 1 saturated heterocycles. The number of nitrogens with zero attached hydrogens (tertiary/aromatic N) is 6. The van der Waals surface area contributed by atoms with E-state index < -0.39 is 0 Å². The minimum absolute atomic E-state index is 0.0372. The predicted octanol–water partition coefficient (Wildman–Crippen LogP) is 3.31. The molecule has 2 aliphatic rings. The Morgan fingerprint density at radius 3 is 2.37 bits per heavy atom. The Morgan fingerprint density at radius 1 is 1.03 bits per heavy atom. The first-order valence-corrected chi connectivity index (χ1v) is 10.9. The molecule has 5 rings (SSSR count). The van der Waals surface area contributed by atoms with Gasteiger partial charge in [0.1, 0.15) is 11.6 Å². The molecule has 1 saturated carbocycles. The number of carbonyl (C=O) groups is 1. The van der Waals surface area contributed by atoms with Crippen molar-refractivity contribution in [3.8, 4) is 5.69 Å². The average molecular weight is 405 g/mol. The van der Waals surface area contributed by atoms with E-state index in [1.54, 1.807) is 0 Å². The summed E-state index contributed by atoms with van der Waals surface area (Å²) in [7, 11) is 0. The Hall–Kier alpha value is -2.96. The van der Waals surface area contributed by atoms with Gasteiger partial charge in [0.25, 0.3) is 0 Å². The molecule has 30 heavy (non-hydrogen) atoms. The van der Waals surface area contributed by atoms with Gasteiger partial charge in [-0.3, -0.25) is 4.79 Å². The summed E-state index contributed by atoms with van der Waals surface area (Å²) < 4.78 is 1.94. The zero-order chi connectivity index (χ0) is 20.8. The lowest BCUT2D eigenvalue weighted by molar-refractivity contribution is -0.134. The second-order valence-corrected chi connectivity index (χ2v) is 8.68. The smallest absolute Gasteiger partial charge is 0.225 e. The molecule has 0 N–H and O–H groups in total. The molecule has 3 aromatic rings. The summed E-state index contributed by atoms with van der Waals surface area (Å²) in [6.45, 7) is 8.98. The van der Waals surface area contributed by atoms with Crippen LogP contribution in [0.5, 0.6) is 0 Å². The number of carbonyl (C=O) groups excluding carboxylic acids is 1. The van der Waals surface area contributed by atoms with Gasteiger partial charge >= 0.3 is 0 Å². The minimum Gasteiger partial charge on any atom is -0.352 e. The molecule has 3 heterocycles. The molecule has 0 atom stereocenters. The number of aromatic nitrogens is 4. The van der Waals surface area contributed by atoms with E-state index in [0.717, 1.165) is 73.1 Å². The van der Waals surface area contributed by atoms with Crippen LogP contribution in [-0.4, -0.2) is 56.7 Å². The van der Waals surface area contributed by atoms with E-state index in [-0.39, 0.29) is 11.8 Å². The van der Waals surface area contributed by atoms with E-state index in [0.29, 0.717) is 5.92 Å². The number of para-hydroxylation sites is 1. The van der Waals surface area contributed by atoms with E-state index in [1.165, 1.54) is 0 Å². The van der Waals surface area contributed by atoms with Gasteiger partial charge in [-0.15, -0.1) is 0 Å². The molecule has 1 aliphatic carbocycles. The Labute approximate surface area is 176 Å². The maximum atomic E-state index is 12.4. The van der Waals surface area contributed by atoms with E-state index >= 15 is 0 Å². The molecule has 0 spiro atoms. The number of hydrogen-bond donors (Lipinski definition) is 0. The van der Waals surface area contributed by atoms with Crippen LogP contribution in [0.15, 0.2) is 30.3 Å². The van der Waals surface area contributed by atoms with Crippen LogP contribution in [0.4, 0.5) is 5.82 Å². The molecule has 0 unspecified atom stereocenters. The van der Waals surface area contributed by atoms with Crippen molar-refractivity contribution >= 4 is 22.8 Å². The summed E-state index contributed by atoms with van der Waals surface area (Å²) >= 11 is 0. The van der Waals surface area contributed by atoms with Gasteiger partial charge in [0.2, 0.25) is 5.91 Å². The lowest BCUT2D eigenvalue weighted by Crippen LogP contribution is -2.50. The van der Waals surface area contributed by atoms with Crippen molar-refractivity contribution in [2.75, 3.05) is 31.1 Å². The van der Waals surface area contributed by atoms with Gasteiger partial charge in [0, 0.05) is 38.0 Å². The fourth-order valence-electron chi connectivity index (χ4n) is 4.18. The van der Waals surface area contributed by atoms with Crippen molar-refractivity contribution < 1.29 is 4.79 Å². The van der Waals surface area contributed by atoms with Gasteiger partial charge in [-0.2, -0.15) is 5.10 Å². The summed E-state index contributed by atoms with van der Waals surface area (Å²) in [6, 6.07) is 10.2. The Morgan fingerprint density at radius 2 is 1.73 bits per heavy atom. The van der Waals surface area contributed by atoms with Crippen LogP contribution < -0.4 is 4.90 Å². The summed E-state index contributed by atoms with van der Waals surface area (Å²) in [6.07, 6.45) is 2.31. The molecule has 2 aromatic heterocycles. The molecule has 0 bridgehead atoms. The highest BCUT2D eigenvalue weighted by atomic mass is 16.2. The van der Waals surface area contributed by atoms with E-state index in [2.05, 4.69) is 17.0 Å². The quantitative estimate of drug-likeness (QED) is 0.667. The second-order valence-electron chi connectivity index (χ2n) is 8.68. The van der Waals surface area contributed by atoms with Crippen molar-refractivity contribution in [1.29, 1.82) is 0 Å². The van der Waals surface area contributed by atoms with Crippen LogP contribution in [-0.2, 0) is 4.79 Å². The van der Waals surface area contributed by atoms with E-state index in [9.17, 15) is 4.79 Å². The Bertz CT molecular complexity index is 1080. The maximum Gasteiger partial charge on any atom is 0.225 e. The molecule has 2 fully saturated rings. The van der Waals surface area contributed by atoms with Gasteiger partial charge in [-0.05, 0) is 31.9 Å². The monoisotopic (exact) mass is 404 g/mol. The van der Waals surface area contributed by atoms with Crippen molar-refractivity contribution in [3.05, 3.63) is 41.9 Å². The van der Waals surface area contributed by atoms with Crippen molar-refractivity contribution in [3.63, 3.8) is 0 Å². The molecule has 1 amide bonds. The predicted molar refractivity (Wildman–Crippen MR) is 117 cm³/mol. The van der Waals surface area contributed by atoms with Crippen molar-refractivity contribution in [2.24, 2.45) is 5.92 Å². The largest absolute Gasteiger partial charge is 0.352 e. The first kappa shape index (κ1) is 19.0. The molecule has 7 heteroatoms. The maximum absolute atomic E-state index is 12.4. The number of aryl methyl sites for hydroxylation is 1. The van der Waals surface area contributed by atoms with Gasteiger partial charge in [0.15, 0.2) is 5.65 Å². The minimum atomic E-state index is 0.0372. The van der Waals surface area contributed by atoms with Gasteiger partial charge in [-0.25, -0.2) is 14.6 Å². The van der Waals surface area contributed by atoms with E-state index in [1.807, 2.05) is 48.6 Å². The number of piperazine rings is 1. The fraction of sp³-hybridized carbons (Fsp3) is 0.478. The Balaban J connectivity index is 1.55. The van der Waals surface area contributed by atoms with Gasteiger partial charge in [0.05, 0.1) is 16.8 Å². The second kappa shape index (κ2) is 7.38. The summed E-state index contributed by atoms with van der Waals surface area (Å²) in [5, 5.41) is 5.85. The van der Waals surface area contributed by atoms with Crippen molar-refractivity contribution in [2.45, 2.75) is 39.5 Å². The van der Waals surface area contributed by atoms with Crippen LogP contribution in [0.3, 0.4) is 0 Å². The first-order valence-electron chi connectivity index (χ1n) is 10.9. The van der Waals surface area contributed by atoms with Crippen molar-refractivity contribution in [1.82, 2.24) is 24.6 Å². The Kier molecular flexibility index (Phi) is 4.68. The topological polar surface area (TPSA) is 67.2 Å². The van der Waals surface area contributed by atoms with Crippen LogP contribution in [0.1, 0.15) is 44.1 Å². The fourth-order valence-corrected chi connectivity index (χ4v) is 4.18. The zero-order valence-electron chi connectivity index (χ0n) is 17.9. The standard InChI is InChI=1S/C23H28N6O/c1-15(2)23(30)28-13-11-27(12-14-28)21-19-16(3)26-29(18-7-5-4-6-8-18)22(19)25-20(24-21)17-9-10-17/h4-8,15,17H,9-14H2,1-3H3. The highest BCUT2D eigenvalue weighted by Gasteiger charge is 2.31. The third-order valence-electron chi connectivity index (χ3n) is 6.03. The summed E-state index contributed by atoms with van der Waals surface area (Å²) in [4.78, 5) is 26.6. The number of hydrogen-bond acceptors (Lipinski definition) is 5. The third-order valence-corrected chi connectivity index (χ3v) is 6.03. The number of anilines is 1. The number of benzene rings is 1. The number of fused-ring (bicyclic) bond motifs is 1. The molecular formula is C23H28N6O. The highest BCUT2D eigenvalue weighted by molar-refractivity contribution is 5.91. The normalized spacial score (nSPS) is 17.2. The lowest BCUT2D eigenvalue weighted by atomic mass is 10.1. The van der Waals surface area contributed by atoms with Crippen LogP contribution in [0.25, 0.3) is 16.7 Å². The van der Waals surface area contributed by atoms with Crippen LogP contribution in [0, 0.1) is 12.8 Å². The third kappa shape index (κ3) is 3.32. The van der Waals surface area contributed by atoms with Crippen LogP contribution in [0.2, 0.25) is 0 Å². The van der Waals surface area contributed by atoms with Crippen LogP contribution >= 0.6 is 0 Å². The SMILES string of the molecule is Cc1nn(-c2ccccc2)c2nc(C3CC3)nc(N3CCN(C(=O)C(C)C)CC3)c12. The average Bonchev–Trinajstić information content (AvgIpc) is 3.57. The van der Waals surface area contributed by atoms with Gasteiger partial charge < -0.3 is 9.80 Å². The summed E-state index contributed by atoms with van der Waals surface area (Å²) in [5.41, 5.74) is 2.83. The highest BCUT2D eigenvalue weighted by Crippen LogP contribution is 2.40. The van der Waals surface area contributed by atoms with E-state index in [4.69, 9.17) is 15.1 Å². The lowest BCUT2D eigenvalue weighted by Gasteiger charge is -2.36. The molecule has 1 aromatic carbocycles. The molecule has 7 nitrogen and oxygen atoms in total. The number of amides is 1. The zero-order valence-corrected chi connectivity index (χ0v) is 17.9. The summed E-state index contributed by atoms with van der Waals surface area (Å²) in [5.74, 6) is 2.62. The molecule has 0 radical (unpaired) electrons. The molecule has 156 valence electrons. The molecular weight excluding hydrogens is 376 g/mol. The molecule has 1 aliphatic heterocycles. The van der Waals surface area contributed by atoms with Gasteiger partial charge in [-0.1, -0.05) is 32.0 Å². The first-order chi connectivity index (χ1) is 14.5.